The predicted octanol–water partition coefficient (Wildman–Crippen LogP) is 1.41. The smallest absolute Gasteiger partial charge is 0.161 e. The van der Waals surface area contributed by atoms with Crippen molar-refractivity contribution in [3.8, 4) is 10.7 Å². The predicted molar refractivity (Wildman–Crippen MR) is 48.5 cm³/mol. The van der Waals surface area contributed by atoms with Gasteiger partial charge in [-0.15, -0.1) is 11.3 Å². The standard InChI is InChI=1S/C8H5N3OS/c12-4-6-3-10-8(13-6)7-1-2-9-5-11-7/h1-5H. The highest BCUT2D eigenvalue weighted by Crippen LogP contribution is 2.21. The Balaban J connectivity index is 2.41. The van der Waals surface area contributed by atoms with E-state index in [4.69, 9.17) is 0 Å². The second-order valence-corrected chi connectivity index (χ2v) is 3.34. The molecule has 2 rings (SSSR count). The van der Waals surface area contributed by atoms with Gasteiger partial charge >= 0.3 is 0 Å². The summed E-state index contributed by atoms with van der Waals surface area (Å²) in [6, 6.07) is 1.76. The molecule has 0 amide bonds. The lowest BCUT2D eigenvalue weighted by Gasteiger charge is -1.90. The molecule has 0 radical (unpaired) electrons. The molecule has 0 spiro atoms. The van der Waals surface area contributed by atoms with Gasteiger partial charge in [-0.3, -0.25) is 4.79 Å². The highest BCUT2D eigenvalue weighted by atomic mass is 32.1. The number of thiazole rings is 1. The van der Waals surface area contributed by atoms with E-state index in [0.29, 0.717) is 4.88 Å². The average Bonchev–Trinajstić information content (AvgIpc) is 2.67. The second-order valence-electron chi connectivity index (χ2n) is 2.28. The van der Waals surface area contributed by atoms with Gasteiger partial charge in [0, 0.05) is 12.4 Å². The first-order valence-corrected chi connectivity index (χ1v) is 4.39. The molecule has 0 aliphatic carbocycles. The number of aromatic nitrogens is 3. The van der Waals surface area contributed by atoms with Gasteiger partial charge in [0.25, 0.3) is 0 Å². The fraction of sp³-hybridized carbons (Fsp3) is 0. The summed E-state index contributed by atoms with van der Waals surface area (Å²) in [5, 5.41) is 0.740. The molecular weight excluding hydrogens is 186 g/mol. The number of aldehydes is 1. The maximum Gasteiger partial charge on any atom is 0.161 e. The molecule has 13 heavy (non-hydrogen) atoms. The summed E-state index contributed by atoms with van der Waals surface area (Å²) in [7, 11) is 0. The van der Waals surface area contributed by atoms with Crippen LogP contribution in [0, 0.1) is 0 Å². The second kappa shape index (κ2) is 3.40. The van der Waals surface area contributed by atoms with Crippen LogP contribution in [-0.4, -0.2) is 21.2 Å². The van der Waals surface area contributed by atoms with Gasteiger partial charge in [0.15, 0.2) is 6.29 Å². The Hall–Kier alpha value is -1.62. The molecule has 0 aliphatic rings. The van der Waals surface area contributed by atoms with Gasteiger partial charge in [-0.1, -0.05) is 0 Å². The molecule has 2 heterocycles. The Labute approximate surface area is 78.3 Å². The zero-order valence-electron chi connectivity index (χ0n) is 6.54. The number of nitrogens with zero attached hydrogens (tertiary/aromatic N) is 3. The van der Waals surface area contributed by atoms with Crippen molar-refractivity contribution >= 4 is 17.6 Å². The summed E-state index contributed by atoms with van der Waals surface area (Å²) >= 11 is 1.32. The van der Waals surface area contributed by atoms with Gasteiger partial charge in [0.1, 0.15) is 17.0 Å². The van der Waals surface area contributed by atoms with Crippen molar-refractivity contribution in [3.63, 3.8) is 0 Å². The van der Waals surface area contributed by atoms with Crippen LogP contribution in [0.1, 0.15) is 9.67 Å². The van der Waals surface area contributed by atoms with Crippen LogP contribution < -0.4 is 0 Å². The maximum absolute atomic E-state index is 10.4. The molecule has 0 atom stereocenters. The van der Waals surface area contributed by atoms with E-state index in [1.807, 2.05) is 0 Å². The minimum Gasteiger partial charge on any atom is -0.297 e. The van der Waals surface area contributed by atoms with Gasteiger partial charge in [-0.25, -0.2) is 15.0 Å². The summed E-state index contributed by atoms with van der Waals surface area (Å²) in [6.07, 6.45) is 5.42. The third-order valence-corrected chi connectivity index (χ3v) is 2.39. The molecule has 0 aliphatic heterocycles. The molecule has 2 aromatic heterocycles. The normalized spacial score (nSPS) is 9.85. The Morgan fingerprint density at radius 1 is 1.38 bits per heavy atom. The van der Waals surface area contributed by atoms with Crippen molar-refractivity contribution in [1.82, 2.24) is 15.0 Å². The molecule has 0 bridgehead atoms. The lowest BCUT2D eigenvalue weighted by molar-refractivity contribution is 0.112. The average molecular weight is 191 g/mol. The van der Waals surface area contributed by atoms with Crippen molar-refractivity contribution in [1.29, 1.82) is 0 Å². The molecule has 0 fully saturated rings. The SMILES string of the molecule is O=Cc1cnc(-c2ccncn2)s1. The Morgan fingerprint density at radius 2 is 2.31 bits per heavy atom. The lowest BCUT2D eigenvalue weighted by atomic mass is 10.4. The van der Waals surface area contributed by atoms with E-state index < -0.39 is 0 Å². The minimum absolute atomic E-state index is 0.605. The van der Waals surface area contributed by atoms with Gasteiger partial charge in [-0.2, -0.15) is 0 Å². The van der Waals surface area contributed by atoms with Crippen LogP contribution >= 0.6 is 11.3 Å². The first-order valence-electron chi connectivity index (χ1n) is 3.57. The zero-order valence-corrected chi connectivity index (χ0v) is 7.36. The Morgan fingerprint density at radius 3 is 2.92 bits per heavy atom. The van der Waals surface area contributed by atoms with Crippen LogP contribution in [0.5, 0.6) is 0 Å². The molecule has 0 saturated heterocycles. The minimum atomic E-state index is 0.605. The summed E-state index contributed by atoms with van der Waals surface area (Å²) in [6.45, 7) is 0. The number of carbonyl (C=O) groups is 1. The van der Waals surface area contributed by atoms with Crippen LogP contribution in [0.15, 0.2) is 24.8 Å². The van der Waals surface area contributed by atoms with E-state index in [1.165, 1.54) is 23.9 Å². The van der Waals surface area contributed by atoms with Gasteiger partial charge in [-0.05, 0) is 6.07 Å². The summed E-state index contributed by atoms with van der Waals surface area (Å²) in [5.74, 6) is 0. The topological polar surface area (TPSA) is 55.7 Å². The van der Waals surface area contributed by atoms with Gasteiger partial charge in [0.05, 0.1) is 4.88 Å². The molecule has 0 N–H and O–H groups in total. The summed E-state index contributed by atoms with van der Waals surface area (Å²) in [4.78, 5) is 22.9. The van der Waals surface area contributed by atoms with E-state index in [1.54, 1.807) is 12.3 Å². The van der Waals surface area contributed by atoms with E-state index in [9.17, 15) is 4.79 Å². The maximum atomic E-state index is 10.4. The van der Waals surface area contributed by atoms with Crippen molar-refractivity contribution in [2.75, 3.05) is 0 Å². The van der Waals surface area contributed by atoms with Crippen LogP contribution in [-0.2, 0) is 0 Å². The van der Waals surface area contributed by atoms with E-state index >= 15 is 0 Å². The lowest BCUT2D eigenvalue weighted by Crippen LogP contribution is -1.81. The number of carbonyl (C=O) groups excluding carboxylic acids is 1. The van der Waals surface area contributed by atoms with Crippen molar-refractivity contribution < 1.29 is 4.79 Å². The molecule has 2 aromatic rings. The molecule has 0 aromatic carbocycles. The van der Waals surface area contributed by atoms with Crippen LogP contribution in [0.25, 0.3) is 10.7 Å². The molecule has 5 heteroatoms. The quantitative estimate of drug-likeness (QED) is 0.673. The summed E-state index contributed by atoms with van der Waals surface area (Å²) in [5.41, 5.74) is 0.744. The molecule has 4 nitrogen and oxygen atoms in total. The third kappa shape index (κ3) is 1.59. The number of rotatable bonds is 2. The first kappa shape index (κ1) is 8.00. The largest absolute Gasteiger partial charge is 0.297 e. The van der Waals surface area contributed by atoms with Crippen molar-refractivity contribution in [2.24, 2.45) is 0 Å². The van der Waals surface area contributed by atoms with Crippen LogP contribution in [0.3, 0.4) is 0 Å². The Kier molecular flexibility index (Phi) is 2.09. The molecule has 0 unspecified atom stereocenters. The van der Waals surface area contributed by atoms with Crippen molar-refractivity contribution in [2.45, 2.75) is 0 Å². The number of hydrogen-bond donors (Lipinski definition) is 0. The molecule has 0 saturated carbocycles. The first-order chi connectivity index (χ1) is 6.40. The van der Waals surface area contributed by atoms with Crippen LogP contribution in [0.4, 0.5) is 0 Å². The summed E-state index contributed by atoms with van der Waals surface area (Å²) < 4.78 is 0. The highest BCUT2D eigenvalue weighted by Gasteiger charge is 2.03. The Bertz CT molecular complexity index is 412. The van der Waals surface area contributed by atoms with Crippen molar-refractivity contribution in [3.05, 3.63) is 29.7 Å². The van der Waals surface area contributed by atoms with Crippen LogP contribution in [0.2, 0.25) is 0 Å². The van der Waals surface area contributed by atoms with E-state index in [0.717, 1.165) is 17.0 Å². The van der Waals surface area contributed by atoms with Gasteiger partial charge in [0.2, 0.25) is 0 Å². The fourth-order valence-corrected chi connectivity index (χ4v) is 1.58. The molecular formula is C8H5N3OS. The number of hydrogen-bond acceptors (Lipinski definition) is 5. The zero-order chi connectivity index (χ0) is 9.10. The fourth-order valence-electron chi connectivity index (χ4n) is 0.877. The molecule has 64 valence electrons. The third-order valence-electron chi connectivity index (χ3n) is 1.44. The monoisotopic (exact) mass is 191 g/mol. The van der Waals surface area contributed by atoms with E-state index in [2.05, 4.69) is 15.0 Å². The van der Waals surface area contributed by atoms with Gasteiger partial charge < -0.3 is 0 Å². The highest BCUT2D eigenvalue weighted by molar-refractivity contribution is 7.16. The van der Waals surface area contributed by atoms with E-state index in [-0.39, 0.29) is 0 Å².